The molecule has 1 N–H and O–H groups in total. The van der Waals surface area contributed by atoms with Gasteiger partial charge in [0, 0.05) is 25.3 Å². The van der Waals surface area contributed by atoms with Crippen LogP contribution in [-0.2, 0) is 6.42 Å². The second-order valence-electron chi connectivity index (χ2n) is 6.26. The first kappa shape index (κ1) is 13.9. The van der Waals surface area contributed by atoms with Crippen LogP contribution in [0.3, 0.4) is 0 Å². The first-order valence-electron chi connectivity index (χ1n) is 8.35. The molecule has 4 nitrogen and oxygen atoms in total. The van der Waals surface area contributed by atoms with Gasteiger partial charge in [0.2, 0.25) is 5.95 Å². The zero-order chi connectivity index (χ0) is 13.9. The third-order valence-corrected chi connectivity index (χ3v) is 4.67. The van der Waals surface area contributed by atoms with E-state index in [1.807, 2.05) is 0 Å². The van der Waals surface area contributed by atoms with Gasteiger partial charge >= 0.3 is 0 Å². The number of aromatic nitrogens is 2. The van der Waals surface area contributed by atoms with E-state index in [2.05, 4.69) is 34.8 Å². The Hall–Kier alpha value is -1.03. The maximum atomic E-state index is 4.90. The Kier molecular flexibility index (Phi) is 4.29. The molecule has 0 unspecified atom stereocenters. The van der Waals surface area contributed by atoms with Gasteiger partial charge < -0.3 is 14.8 Å². The van der Waals surface area contributed by atoms with Crippen LogP contribution < -0.4 is 10.2 Å². The fraction of sp³-hybridized carbons (Fsp3) is 0.812. The summed E-state index contributed by atoms with van der Waals surface area (Å²) in [6.45, 7) is 9.06. The highest BCUT2D eigenvalue weighted by atomic mass is 15.3. The van der Waals surface area contributed by atoms with Gasteiger partial charge in [0.15, 0.2) is 0 Å². The topological polar surface area (TPSA) is 33.1 Å². The second-order valence-corrected chi connectivity index (χ2v) is 6.26. The molecule has 0 spiro atoms. The van der Waals surface area contributed by atoms with Gasteiger partial charge in [-0.05, 0) is 58.0 Å². The zero-order valence-electron chi connectivity index (χ0n) is 12.9. The predicted octanol–water partition coefficient (Wildman–Crippen LogP) is 2.61. The number of hydrogen-bond acceptors (Lipinski definition) is 3. The largest absolute Gasteiger partial charge is 0.342 e. The van der Waals surface area contributed by atoms with E-state index in [-0.39, 0.29) is 0 Å². The Morgan fingerprint density at radius 3 is 2.60 bits per heavy atom. The van der Waals surface area contributed by atoms with Gasteiger partial charge in [0.1, 0.15) is 0 Å². The van der Waals surface area contributed by atoms with Gasteiger partial charge in [-0.25, -0.2) is 4.98 Å². The summed E-state index contributed by atoms with van der Waals surface area (Å²) in [5.41, 5.74) is 1.25. The minimum atomic E-state index is 0.722. The highest BCUT2D eigenvalue weighted by Crippen LogP contribution is 2.38. The van der Waals surface area contributed by atoms with Gasteiger partial charge in [-0.15, -0.1) is 0 Å². The first-order chi connectivity index (χ1) is 9.81. The molecule has 2 fully saturated rings. The molecule has 20 heavy (non-hydrogen) atoms. The number of aryl methyl sites for hydroxylation is 1. The van der Waals surface area contributed by atoms with E-state index in [0.717, 1.165) is 24.9 Å². The fourth-order valence-electron chi connectivity index (χ4n) is 3.19. The normalized spacial score (nSPS) is 20.3. The van der Waals surface area contributed by atoms with Crippen molar-refractivity contribution in [3.63, 3.8) is 0 Å². The van der Waals surface area contributed by atoms with Crippen molar-refractivity contribution in [2.75, 3.05) is 31.1 Å². The first-order valence-corrected chi connectivity index (χ1v) is 8.35. The fourth-order valence-corrected chi connectivity index (χ4v) is 3.19. The van der Waals surface area contributed by atoms with Crippen LogP contribution in [0.1, 0.15) is 51.3 Å². The van der Waals surface area contributed by atoms with Crippen LogP contribution in [-0.4, -0.2) is 35.7 Å². The molecular weight excluding hydrogens is 248 g/mol. The van der Waals surface area contributed by atoms with Crippen molar-refractivity contribution >= 4 is 5.95 Å². The van der Waals surface area contributed by atoms with Crippen molar-refractivity contribution in [1.29, 1.82) is 0 Å². The van der Waals surface area contributed by atoms with Gasteiger partial charge in [0.05, 0.1) is 5.69 Å². The van der Waals surface area contributed by atoms with Gasteiger partial charge in [-0.3, -0.25) is 0 Å². The summed E-state index contributed by atoms with van der Waals surface area (Å²) in [6.07, 6.45) is 8.60. The lowest BCUT2D eigenvalue weighted by molar-refractivity contribution is 0.372. The van der Waals surface area contributed by atoms with Crippen molar-refractivity contribution in [1.82, 2.24) is 14.9 Å². The minimum Gasteiger partial charge on any atom is -0.342 e. The molecule has 0 aromatic carbocycles. The monoisotopic (exact) mass is 276 g/mol. The maximum absolute atomic E-state index is 4.90. The number of nitrogens with zero attached hydrogens (tertiary/aromatic N) is 3. The molecule has 2 aliphatic rings. The molecule has 1 aromatic rings. The molecule has 4 heteroatoms. The van der Waals surface area contributed by atoms with Crippen LogP contribution in [0.2, 0.25) is 0 Å². The van der Waals surface area contributed by atoms with Crippen LogP contribution in [0.15, 0.2) is 6.20 Å². The average molecular weight is 276 g/mol. The van der Waals surface area contributed by atoms with Crippen molar-refractivity contribution in [2.45, 2.75) is 52.0 Å². The number of anilines is 1. The summed E-state index contributed by atoms with van der Waals surface area (Å²) < 4.78 is 2.45. The van der Waals surface area contributed by atoms with E-state index in [1.165, 1.54) is 57.0 Å². The summed E-state index contributed by atoms with van der Waals surface area (Å²) in [4.78, 5) is 7.41. The molecule has 112 valence electrons. The van der Waals surface area contributed by atoms with E-state index in [9.17, 15) is 0 Å². The maximum Gasteiger partial charge on any atom is 0.205 e. The van der Waals surface area contributed by atoms with Crippen LogP contribution in [0.5, 0.6) is 0 Å². The summed E-state index contributed by atoms with van der Waals surface area (Å²) in [5, 5.41) is 3.46. The quantitative estimate of drug-likeness (QED) is 0.867. The van der Waals surface area contributed by atoms with Crippen molar-refractivity contribution < 1.29 is 0 Å². The average Bonchev–Trinajstić information content (AvgIpc) is 3.25. The number of rotatable bonds is 6. The third kappa shape index (κ3) is 3.00. The van der Waals surface area contributed by atoms with Crippen LogP contribution in [0.4, 0.5) is 5.95 Å². The molecule has 0 radical (unpaired) electrons. The smallest absolute Gasteiger partial charge is 0.205 e. The molecule has 1 saturated carbocycles. The molecule has 1 aromatic heterocycles. The SMILES string of the molecule is CCc1cn(C2CC2)c(N(CC)CC2CCNCC2)n1. The van der Waals surface area contributed by atoms with E-state index >= 15 is 0 Å². The van der Waals surface area contributed by atoms with Crippen LogP contribution >= 0.6 is 0 Å². The van der Waals surface area contributed by atoms with Gasteiger partial charge in [-0.1, -0.05) is 6.92 Å². The molecule has 2 heterocycles. The van der Waals surface area contributed by atoms with E-state index in [1.54, 1.807) is 0 Å². The summed E-state index contributed by atoms with van der Waals surface area (Å²) >= 11 is 0. The van der Waals surface area contributed by atoms with E-state index < -0.39 is 0 Å². The van der Waals surface area contributed by atoms with Crippen LogP contribution in [0.25, 0.3) is 0 Å². The second kappa shape index (κ2) is 6.17. The third-order valence-electron chi connectivity index (χ3n) is 4.67. The van der Waals surface area contributed by atoms with E-state index in [0.29, 0.717) is 0 Å². The molecule has 3 rings (SSSR count). The van der Waals surface area contributed by atoms with Crippen molar-refractivity contribution in [3.8, 4) is 0 Å². The number of hydrogen-bond donors (Lipinski definition) is 1. The Morgan fingerprint density at radius 1 is 1.25 bits per heavy atom. The Bertz CT molecular complexity index is 430. The van der Waals surface area contributed by atoms with Crippen LogP contribution in [0, 0.1) is 5.92 Å². The standard InChI is InChI=1S/C16H28N4/c1-3-14-12-20(15-5-6-15)16(18-14)19(4-2)11-13-7-9-17-10-8-13/h12-13,15,17H,3-11H2,1-2H3. The number of piperidine rings is 1. The van der Waals surface area contributed by atoms with Crippen molar-refractivity contribution in [2.24, 2.45) is 5.92 Å². The number of nitrogens with one attached hydrogen (secondary N) is 1. The summed E-state index contributed by atoms with van der Waals surface area (Å²) in [5.74, 6) is 2.05. The van der Waals surface area contributed by atoms with Gasteiger partial charge in [-0.2, -0.15) is 0 Å². The van der Waals surface area contributed by atoms with Crippen molar-refractivity contribution in [3.05, 3.63) is 11.9 Å². The highest BCUT2D eigenvalue weighted by Gasteiger charge is 2.29. The Labute approximate surface area is 122 Å². The molecule has 0 amide bonds. The molecule has 0 atom stereocenters. The lowest BCUT2D eigenvalue weighted by atomic mass is 9.98. The lowest BCUT2D eigenvalue weighted by Gasteiger charge is -2.30. The Morgan fingerprint density at radius 2 is 2.00 bits per heavy atom. The summed E-state index contributed by atoms with van der Waals surface area (Å²) in [7, 11) is 0. The molecular formula is C16H28N4. The molecule has 0 bridgehead atoms. The lowest BCUT2D eigenvalue weighted by Crippen LogP contribution is -2.37. The minimum absolute atomic E-state index is 0.722. The molecule has 1 saturated heterocycles. The van der Waals surface area contributed by atoms with Gasteiger partial charge in [0.25, 0.3) is 0 Å². The summed E-state index contributed by atoms with van der Waals surface area (Å²) in [6, 6.07) is 0.722. The van der Waals surface area contributed by atoms with E-state index in [4.69, 9.17) is 4.98 Å². The predicted molar refractivity (Wildman–Crippen MR) is 83.4 cm³/mol. The Balaban J connectivity index is 1.75. The zero-order valence-corrected chi connectivity index (χ0v) is 12.9. The molecule has 1 aliphatic carbocycles. The number of imidazole rings is 1. The molecule has 1 aliphatic heterocycles. The highest BCUT2D eigenvalue weighted by molar-refractivity contribution is 5.35.